The summed E-state index contributed by atoms with van der Waals surface area (Å²) in [7, 11) is 0. The molecule has 0 radical (unpaired) electrons. The Kier molecular flexibility index (Phi) is 5.61. The van der Waals surface area contributed by atoms with Crippen LogP contribution in [0.4, 0.5) is 5.69 Å². The van der Waals surface area contributed by atoms with Crippen molar-refractivity contribution >= 4 is 17.6 Å². The van der Waals surface area contributed by atoms with Crippen molar-refractivity contribution in [1.82, 2.24) is 4.57 Å². The number of nitrogens with zero attached hydrogens (tertiary/aromatic N) is 1. The highest BCUT2D eigenvalue weighted by atomic mass is 16.6. The molecule has 0 aliphatic heterocycles. The zero-order valence-corrected chi connectivity index (χ0v) is 12.4. The number of ether oxygens (including phenoxy) is 2. The van der Waals surface area contributed by atoms with Crippen LogP contribution in [-0.2, 0) is 14.3 Å². The van der Waals surface area contributed by atoms with E-state index in [1.54, 1.807) is 30.7 Å². The smallest absolute Gasteiger partial charge is 0.355 e. The van der Waals surface area contributed by atoms with Crippen LogP contribution in [-0.4, -0.2) is 29.2 Å². The van der Waals surface area contributed by atoms with Gasteiger partial charge in [-0.15, -0.1) is 0 Å². The van der Waals surface area contributed by atoms with E-state index in [0.717, 1.165) is 0 Å². The van der Waals surface area contributed by atoms with Crippen LogP contribution in [0.25, 0.3) is 0 Å². The van der Waals surface area contributed by atoms with E-state index in [1.165, 1.54) is 0 Å². The van der Waals surface area contributed by atoms with E-state index in [1.807, 2.05) is 13.8 Å². The topological polar surface area (TPSA) is 83.6 Å². The molecule has 1 aromatic rings. The van der Waals surface area contributed by atoms with Crippen molar-refractivity contribution in [3.05, 3.63) is 18.0 Å². The Balaban J connectivity index is 2.87. The molecule has 1 atom stereocenters. The molecular formula is C14H22N2O4. The lowest BCUT2D eigenvalue weighted by atomic mass is 10.3. The van der Waals surface area contributed by atoms with E-state index in [2.05, 4.69) is 0 Å². The molecule has 0 saturated carbocycles. The van der Waals surface area contributed by atoms with Crippen LogP contribution in [0, 0.1) is 0 Å². The Morgan fingerprint density at radius 1 is 1.35 bits per heavy atom. The van der Waals surface area contributed by atoms with Gasteiger partial charge in [0.25, 0.3) is 0 Å². The van der Waals surface area contributed by atoms with Crippen molar-refractivity contribution in [2.45, 2.75) is 46.3 Å². The minimum atomic E-state index is -0.890. The van der Waals surface area contributed by atoms with Crippen LogP contribution >= 0.6 is 0 Å². The lowest BCUT2D eigenvalue weighted by Crippen LogP contribution is -2.29. The molecule has 0 fully saturated rings. The van der Waals surface area contributed by atoms with E-state index in [-0.39, 0.29) is 12.6 Å². The molecule has 6 heteroatoms. The van der Waals surface area contributed by atoms with Gasteiger partial charge in [-0.05, 0) is 33.3 Å². The summed E-state index contributed by atoms with van der Waals surface area (Å²) in [4.78, 5) is 23.8. The highest BCUT2D eigenvalue weighted by Gasteiger charge is 2.25. The number of esters is 2. The van der Waals surface area contributed by atoms with Crippen molar-refractivity contribution in [1.29, 1.82) is 0 Å². The Bertz CT molecular complexity index is 480. The van der Waals surface area contributed by atoms with Crippen molar-refractivity contribution in [2.75, 3.05) is 12.3 Å². The highest BCUT2D eigenvalue weighted by molar-refractivity contribution is 5.91. The fourth-order valence-electron chi connectivity index (χ4n) is 1.81. The number of carbonyl (C=O) groups excluding carboxylic acids is 2. The average Bonchev–Trinajstić information content (AvgIpc) is 2.78. The van der Waals surface area contributed by atoms with Crippen LogP contribution < -0.4 is 5.73 Å². The van der Waals surface area contributed by atoms with Gasteiger partial charge >= 0.3 is 11.9 Å². The molecule has 20 heavy (non-hydrogen) atoms. The average molecular weight is 282 g/mol. The summed E-state index contributed by atoms with van der Waals surface area (Å²) < 4.78 is 11.8. The number of hydrogen-bond acceptors (Lipinski definition) is 5. The third-order valence-corrected chi connectivity index (χ3v) is 2.80. The van der Waals surface area contributed by atoms with Gasteiger partial charge in [0.15, 0.2) is 6.10 Å². The predicted octanol–water partition coefficient (Wildman–Crippen LogP) is 2.15. The summed E-state index contributed by atoms with van der Waals surface area (Å²) in [5.74, 6) is -1.10. The standard InChI is InChI=1S/C14H22N2O4/c1-5-12(14(18)19-6-2)20-13(17)11-7-10(15)8-16(11)9(3)4/h7-9,12H,5-6,15H2,1-4H3. The molecule has 0 aromatic carbocycles. The number of anilines is 1. The normalized spacial score (nSPS) is 12.2. The Labute approximate surface area is 118 Å². The summed E-state index contributed by atoms with van der Waals surface area (Å²) in [5.41, 5.74) is 6.52. The van der Waals surface area contributed by atoms with Crippen LogP contribution in [0.3, 0.4) is 0 Å². The fraction of sp³-hybridized carbons (Fsp3) is 0.571. The summed E-state index contributed by atoms with van der Waals surface area (Å²) in [6, 6.07) is 1.61. The molecule has 6 nitrogen and oxygen atoms in total. The minimum absolute atomic E-state index is 0.0671. The SMILES string of the molecule is CCOC(=O)C(CC)OC(=O)c1cc(N)cn1C(C)C. The quantitative estimate of drug-likeness (QED) is 0.808. The largest absolute Gasteiger partial charge is 0.463 e. The molecular weight excluding hydrogens is 260 g/mol. The lowest BCUT2D eigenvalue weighted by molar-refractivity contribution is -0.153. The van der Waals surface area contributed by atoms with Gasteiger partial charge in [0, 0.05) is 12.2 Å². The molecule has 1 aromatic heterocycles. The summed E-state index contributed by atoms with van der Waals surface area (Å²) in [5, 5.41) is 0. The molecule has 0 amide bonds. The molecule has 1 heterocycles. The van der Waals surface area contributed by atoms with E-state index in [4.69, 9.17) is 15.2 Å². The third-order valence-electron chi connectivity index (χ3n) is 2.80. The highest BCUT2D eigenvalue weighted by Crippen LogP contribution is 2.18. The first-order chi connectivity index (χ1) is 9.40. The van der Waals surface area contributed by atoms with Gasteiger partial charge < -0.3 is 19.8 Å². The molecule has 0 saturated heterocycles. The summed E-state index contributed by atoms with van der Waals surface area (Å²) in [6.45, 7) is 7.57. The van der Waals surface area contributed by atoms with Gasteiger partial charge in [-0.3, -0.25) is 0 Å². The fourth-order valence-corrected chi connectivity index (χ4v) is 1.81. The number of rotatable bonds is 6. The van der Waals surface area contributed by atoms with Gasteiger partial charge in [-0.25, -0.2) is 9.59 Å². The summed E-state index contributed by atoms with van der Waals surface area (Å²) >= 11 is 0. The van der Waals surface area contributed by atoms with Crippen LogP contribution in [0.1, 0.15) is 50.6 Å². The second kappa shape index (κ2) is 6.98. The van der Waals surface area contributed by atoms with Crippen molar-refractivity contribution < 1.29 is 19.1 Å². The summed E-state index contributed by atoms with van der Waals surface area (Å²) in [6.07, 6.45) is 1.15. The van der Waals surface area contributed by atoms with E-state index < -0.39 is 18.0 Å². The molecule has 0 aliphatic carbocycles. The molecule has 2 N–H and O–H groups in total. The predicted molar refractivity (Wildman–Crippen MR) is 75.4 cm³/mol. The zero-order valence-electron chi connectivity index (χ0n) is 12.4. The Morgan fingerprint density at radius 2 is 2.00 bits per heavy atom. The first-order valence-corrected chi connectivity index (χ1v) is 6.75. The van der Waals surface area contributed by atoms with Crippen molar-refractivity contribution in [3.63, 3.8) is 0 Å². The van der Waals surface area contributed by atoms with E-state index in [9.17, 15) is 9.59 Å². The van der Waals surface area contributed by atoms with Gasteiger partial charge in [0.1, 0.15) is 5.69 Å². The second-order valence-electron chi connectivity index (χ2n) is 4.71. The molecule has 0 aliphatic rings. The van der Waals surface area contributed by atoms with Crippen LogP contribution in [0.2, 0.25) is 0 Å². The van der Waals surface area contributed by atoms with Crippen LogP contribution in [0.5, 0.6) is 0 Å². The van der Waals surface area contributed by atoms with E-state index in [0.29, 0.717) is 17.8 Å². The third kappa shape index (κ3) is 3.76. The van der Waals surface area contributed by atoms with Gasteiger partial charge in [-0.2, -0.15) is 0 Å². The van der Waals surface area contributed by atoms with Crippen molar-refractivity contribution in [3.8, 4) is 0 Å². The van der Waals surface area contributed by atoms with Crippen molar-refractivity contribution in [2.24, 2.45) is 0 Å². The van der Waals surface area contributed by atoms with Gasteiger partial charge in [0.05, 0.1) is 12.3 Å². The molecule has 0 spiro atoms. The minimum Gasteiger partial charge on any atom is -0.463 e. The van der Waals surface area contributed by atoms with Gasteiger partial charge in [-0.1, -0.05) is 6.92 Å². The number of nitrogens with two attached hydrogens (primary N) is 1. The molecule has 1 rings (SSSR count). The maximum absolute atomic E-state index is 12.2. The maximum atomic E-state index is 12.2. The monoisotopic (exact) mass is 282 g/mol. The number of hydrogen-bond donors (Lipinski definition) is 1. The number of aromatic nitrogens is 1. The van der Waals surface area contributed by atoms with Gasteiger partial charge in [0.2, 0.25) is 0 Å². The first-order valence-electron chi connectivity index (χ1n) is 6.75. The Hall–Kier alpha value is -1.98. The number of nitrogen functional groups attached to an aromatic ring is 1. The first kappa shape index (κ1) is 16.1. The van der Waals surface area contributed by atoms with Crippen LogP contribution in [0.15, 0.2) is 12.3 Å². The molecule has 1 unspecified atom stereocenters. The second-order valence-corrected chi connectivity index (χ2v) is 4.71. The maximum Gasteiger partial charge on any atom is 0.355 e. The molecule has 0 bridgehead atoms. The number of carbonyl (C=O) groups is 2. The van der Waals surface area contributed by atoms with E-state index >= 15 is 0 Å². The Morgan fingerprint density at radius 3 is 2.50 bits per heavy atom. The molecule has 112 valence electrons. The lowest BCUT2D eigenvalue weighted by Gasteiger charge is -2.16. The zero-order chi connectivity index (χ0) is 15.3.